The molecular weight excluding hydrogens is 314 g/mol. The molecule has 0 aromatic heterocycles. The van der Waals surface area contributed by atoms with Gasteiger partial charge in [-0.25, -0.2) is 4.79 Å². The summed E-state index contributed by atoms with van der Waals surface area (Å²) in [6.45, 7) is 1.74. The summed E-state index contributed by atoms with van der Waals surface area (Å²) in [6.07, 6.45) is 11.1. The lowest BCUT2D eigenvalue weighted by Gasteiger charge is -2.36. The van der Waals surface area contributed by atoms with E-state index in [9.17, 15) is 14.7 Å². The quantitative estimate of drug-likeness (QED) is 0.887. The number of nitrogens with zero attached hydrogens (tertiary/aromatic N) is 1. The van der Waals surface area contributed by atoms with Crippen LogP contribution in [0.3, 0.4) is 0 Å². The predicted molar refractivity (Wildman–Crippen MR) is 97.7 cm³/mol. The van der Waals surface area contributed by atoms with Crippen molar-refractivity contribution in [2.24, 2.45) is 5.41 Å². The van der Waals surface area contributed by atoms with Crippen LogP contribution in [0.25, 0.3) is 0 Å². The first-order valence-electron chi connectivity index (χ1n) is 9.69. The van der Waals surface area contributed by atoms with E-state index in [4.69, 9.17) is 0 Å². The van der Waals surface area contributed by atoms with E-state index in [1.165, 1.54) is 38.5 Å². The van der Waals surface area contributed by atoms with Gasteiger partial charge in [-0.1, -0.05) is 37.5 Å². The third-order valence-electron chi connectivity index (χ3n) is 6.17. The minimum Gasteiger partial charge on any atom is -0.478 e. The molecule has 1 amide bonds. The van der Waals surface area contributed by atoms with E-state index in [-0.39, 0.29) is 5.91 Å². The molecule has 136 valence electrons. The highest BCUT2D eigenvalue weighted by Crippen LogP contribution is 2.44. The number of amides is 1. The molecule has 1 saturated heterocycles. The van der Waals surface area contributed by atoms with Gasteiger partial charge < -0.3 is 10.0 Å². The number of carbonyl (C=O) groups excluding carboxylic acids is 1. The van der Waals surface area contributed by atoms with E-state index in [0.717, 1.165) is 31.5 Å². The van der Waals surface area contributed by atoms with E-state index >= 15 is 0 Å². The highest BCUT2D eigenvalue weighted by molar-refractivity contribution is 5.89. The van der Waals surface area contributed by atoms with E-state index < -0.39 is 5.97 Å². The molecule has 2 aliphatic rings. The zero-order chi connectivity index (χ0) is 17.7. The van der Waals surface area contributed by atoms with Gasteiger partial charge in [-0.3, -0.25) is 4.79 Å². The maximum absolute atomic E-state index is 12.7. The highest BCUT2D eigenvalue weighted by atomic mass is 16.4. The molecule has 0 atom stereocenters. The predicted octanol–water partition coefficient (Wildman–Crippen LogP) is 4.28. The molecule has 0 bridgehead atoms. The second kappa shape index (κ2) is 8.03. The molecule has 25 heavy (non-hydrogen) atoms. The van der Waals surface area contributed by atoms with Crippen LogP contribution in [0.5, 0.6) is 0 Å². The number of aromatic carboxylic acids is 1. The topological polar surface area (TPSA) is 57.6 Å². The summed E-state index contributed by atoms with van der Waals surface area (Å²) in [6, 6.07) is 7.00. The average Bonchev–Trinajstić information content (AvgIpc) is 2.83. The van der Waals surface area contributed by atoms with Crippen molar-refractivity contribution in [2.45, 2.75) is 64.2 Å². The summed E-state index contributed by atoms with van der Waals surface area (Å²) in [5, 5.41) is 9.26. The number of carbonyl (C=O) groups is 2. The Labute approximate surface area is 150 Å². The largest absolute Gasteiger partial charge is 0.478 e. The molecule has 1 aliphatic carbocycles. The number of carboxylic acids is 1. The average molecular weight is 343 g/mol. The van der Waals surface area contributed by atoms with Gasteiger partial charge in [-0.2, -0.15) is 0 Å². The molecule has 1 spiro atoms. The van der Waals surface area contributed by atoms with E-state index in [0.29, 0.717) is 23.8 Å². The maximum atomic E-state index is 12.7. The van der Waals surface area contributed by atoms with Gasteiger partial charge >= 0.3 is 5.97 Å². The fraction of sp³-hybridized carbons (Fsp3) is 0.619. The van der Waals surface area contributed by atoms with Crippen LogP contribution < -0.4 is 0 Å². The number of rotatable bonds is 4. The van der Waals surface area contributed by atoms with Crippen molar-refractivity contribution in [3.05, 3.63) is 35.4 Å². The molecule has 1 N–H and O–H groups in total. The highest BCUT2D eigenvalue weighted by Gasteiger charge is 2.34. The van der Waals surface area contributed by atoms with Crippen LogP contribution >= 0.6 is 0 Å². The molecular formula is C21H29NO3. The first-order valence-corrected chi connectivity index (χ1v) is 9.69. The van der Waals surface area contributed by atoms with Gasteiger partial charge in [0.1, 0.15) is 0 Å². The third-order valence-corrected chi connectivity index (χ3v) is 6.17. The zero-order valence-corrected chi connectivity index (χ0v) is 15.0. The van der Waals surface area contributed by atoms with Crippen molar-refractivity contribution >= 4 is 11.9 Å². The fourth-order valence-corrected chi connectivity index (χ4v) is 4.65. The van der Waals surface area contributed by atoms with Gasteiger partial charge in [0.05, 0.1) is 5.56 Å². The third kappa shape index (κ3) is 4.42. The van der Waals surface area contributed by atoms with Crippen LogP contribution in [0, 0.1) is 5.41 Å². The number of likely N-dealkylation sites (tertiary alicyclic amines) is 1. The van der Waals surface area contributed by atoms with Gasteiger partial charge in [0, 0.05) is 19.5 Å². The van der Waals surface area contributed by atoms with Crippen LogP contribution in [0.4, 0.5) is 0 Å². The molecule has 1 aromatic carbocycles. The van der Waals surface area contributed by atoms with Crippen molar-refractivity contribution in [3.8, 4) is 0 Å². The number of hydrogen-bond acceptors (Lipinski definition) is 2. The lowest BCUT2D eigenvalue weighted by atomic mass is 9.69. The van der Waals surface area contributed by atoms with Crippen molar-refractivity contribution in [3.63, 3.8) is 0 Å². The summed E-state index contributed by atoms with van der Waals surface area (Å²) in [4.78, 5) is 26.0. The SMILES string of the molecule is O=C(O)c1ccccc1CCC(=O)N1CCCC2(CCCCC2)CC1. The Bertz CT molecular complexity index is 619. The molecule has 1 aliphatic heterocycles. The maximum Gasteiger partial charge on any atom is 0.335 e. The lowest BCUT2D eigenvalue weighted by Crippen LogP contribution is -2.33. The van der Waals surface area contributed by atoms with Gasteiger partial charge in [-0.05, 0) is 55.6 Å². The number of hydrogen-bond donors (Lipinski definition) is 1. The van der Waals surface area contributed by atoms with Gasteiger partial charge in [0.15, 0.2) is 0 Å². The van der Waals surface area contributed by atoms with Crippen LogP contribution in [0.2, 0.25) is 0 Å². The summed E-state index contributed by atoms with van der Waals surface area (Å²) in [5.41, 5.74) is 1.55. The van der Waals surface area contributed by atoms with E-state index in [2.05, 4.69) is 0 Å². The molecule has 4 nitrogen and oxygen atoms in total. The molecule has 0 radical (unpaired) electrons. The Morgan fingerprint density at radius 3 is 2.44 bits per heavy atom. The first-order chi connectivity index (χ1) is 12.1. The van der Waals surface area contributed by atoms with Crippen LogP contribution in [-0.4, -0.2) is 35.0 Å². The summed E-state index contributed by atoms with van der Waals surface area (Å²) >= 11 is 0. The van der Waals surface area contributed by atoms with Crippen LogP contribution in [-0.2, 0) is 11.2 Å². The standard InChI is InChI=1S/C21H29NO3/c23-19(10-9-17-7-2-3-8-18(17)20(24)25)22-15-6-13-21(14-16-22)11-4-1-5-12-21/h2-3,7-8H,1,4-6,9-16H2,(H,24,25). The van der Waals surface area contributed by atoms with Gasteiger partial charge in [-0.15, -0.1) is 0 Å². The zero-order valence-electron chi connectivity index (χ0n) is 15.0. The Morgan fingerprint density at radius 2 is 1.68 bits per heavy atom. The summed E-state index contributed by atoms with van der Waals surface area (Å²) in [5.74, 6) is -0.745. The summed E-state index contributed by atoms with van der Waals surface area (Å²) < 4.78 is 0. The summed E-state index contributed by atoms with van der Waals surface area (Å²) in [7, 11) is 0. The monoisotopic (exact) mass is 343 g/mol. The number of aryl methyl sites for hydroxylation is 1. The fourth-order valence-electron chi connectivity index (χ4n) is 4.65. The number of benzene rings is 1. The van der Waals surface area contributed by atoms with Crippen molar-refractivity contribution < 1.29 is 14.7 Å². The second-order valence-electron chi connectivity index (χ2n) is 7.76. The van der Waals surface area contributed by atoms with Crippen molar-refractivity contribution in [2.75, 3.05) is 13.1 Å². The number of carboxylic acid groups (broad SMARTS) is 1. The van der Waals surface area contributed by atoms with Crippen molar-refractivity contribution in [1.82, 2.24) is 4.90 Å². The van der Waals surface area contributed by atoms with Gasteiger partial charge in [0.2, 0.25) is 5.91 Å². The first kappa shape index (κ1) is 18.0. The smallest absolute Gasteiger partial charge is 0.335 e. The molecule has 1 heterocycles. The Kier molecular flexibility index (Phi) is 5.77. The molecule has 0 unspecified atom stereocenters. The minimum absolute atomic E-state index is 0.174. The molecule has 3 rings (SSSR count). The van der Waals surface area contributed by atoms with E-state index in [1.807, 2.05) is 17.0 Å². The molecule has 2 fully saturated rings. The molecule has 1 aromatic rings. The van der Waals surface area contributed by atoms with Gasteiger partial charge in [0.25, 0.3) is 0 Å². The Balaban J connectivity index is 1.56. The van der Waals surface area contributed by atoms with Crippen LogP contribution in [0.1, 0.15) is 73.7 Å². The lowest BCUT2D eigenvalue weighted by molar-refractivity contribution is -0.131. The second-order valence-corrected chi connectivity index (χ2v) is 7.76. The van der Waals surface area contributed by atoms with Crippen LogP contribution in [0.15, 0.2) is 24.3 Å². The van der Waals surface area contributed by atoms with E-state index in [1.54, 1.807) is 12.1 Å². The Morgan fingerprint density at radius 1 is 0.960 bits per heavy atom. The molecule has 1 saturated carbocycles. The van der Waals surface area contributed by atoms with Crippen molar-refractivity contribution in [1.29, 1.82) is 0 Å². The minimum atomic E-state index is -0.919. The Hall–Kier alpha value is -1.84. The normalized spacial score (nSPS) is 20.2. The molecule has 4 heteroatoms.